The largest absolute Gasteiger partial charge is 0.506 e. The standard InChI is InChI=1S/C11H14O3/c1-8-4-3-5-10(6-8)7-9(2)14-11(12)13/h3-6,9H,7H2,1-2H3,(H,12,13). The predicted octanol–water partition coefficient (Wildman–Crippen LogP) is 2.62. The number of carboxylic acid groups (broad SMARTS) is 1. The molecule has 0 amide bonds. The molecule has 0 spiro atoms. The third-order valence-electron chi connectivity index (χ3n) is 1.91. The summed E-state index contributed by atoms with van der Waals surface area (Å²) in [5.74, 6) is 0. The van der Waals surface area contributed by atoms with Gasteiger partial charge in [0.1, 0.15) is 6.10 Å². The van der Waals surface area contributed by atoms with Crippen molar-refractivity contribution in [3.05, 3.63) is 35.4 Å². The molecule has 14 heavy (non-hydrogen) atoms. The maximum atomic E-state index is 10.2. The monoisotopic (exact) mass is 194 g/mol. The molecule has 0 bridgehead atoms. The van der Waals surface area contributed by atoms with Gasteiger partial charge in [-0.15, -0.1) is 0 Å². The van der Waals surface area contributed by atoms with Crippen molar-refractivity contribution in [2.45, 2.75) is 26.4 Å². The molecule has 0 saturated heterocycles. The molecule has 1 atom stereocenters. The molecule has 0 aromatic heterocycles. The van der Waals surface area contributed by atoms with E-state index in [0.717, 1.165) is 5.56 Å². The number of benzene rings is 1. The van der Waals surface area contributed by atoms with Crippen molar-refractivity contribution in [1.82, 2.24) is 0 Å². The van der Waals surface area contributed by atoms with Crippen LogP contribution in [0, 0.1) is 6.92 Å². The van der Waals surface area contributed by atoms with Gasteiger partial charge in [0.15, 0.2) is 0 Å². The normalized spacial score (nSPS) is 12.1. The van der Waals surface area contributed by atoms with Crippen LogP contribution in [0.4, 0.5) is 4.79 Å². The Hall–Kier alpha value is -1.51. The van der Waals surface area contributed by atoms with Crippen LogP contribution >= 0.6 is 0 Å². The van der Waals surface area contributed by atoms with E-state index in [1.807, 2.05) is 31.2 Å². The van der Waals surface area contributed by atoms with Gasteiger partial charge < -0.3 is 9.84 Å². The van der Waals surface area contributed by atoms with Gasteiger partial charge in [-0.3, -0.25) is 0 Å². The van der Waals surface area contributed by atoms with Crippen LogP contribution in [0.5, 0.6) is 0 Å². The minimum absolute atomic E-state index is 0.297. The highest BCUT2D eigenvalue weighted by Gasteiger charge is 2.07. The molecule has 0 aliphatic heterocycles. The molecule has 3 heteroatoms. The topological polar surface area (TPSA) is 46.5 Å². The Kier molecular flexibility index (Phi) is 3.51. The second-order valence-corrected chi connectivity index (χ2v) is 3.39. The molecule has 1 rings (SSSR count). The van der Waals surface area contributed by atoms with Crippen LogP contribution < -0.4 is 0 Å². The SMILES string of the molecule is Cc1cccc(CC(C)OC(=O)O)c1. The van der Waals surface area contributed by atoms with Gasteiger partial charge in [0.25, 0.3) is 0 Å². The molecule has 0 aliphatic carbocycles. The van der Waals surface area contributed by atoms with Crippen molar-refractivity contribution in [2.24, 2.45) is 0 Å². The second-order valence-electron chi connectivity index (χ2n) is 3.39. The van der Waals surface area contributed by atoms with Crippen LogP contribution in [0.1, 0.15) is 18.1 Å². The minimum Gasteiger partial charge on any atom is -0.450 e. The van der Waals surface area contributed by atoms with Crippen LogP contribution in [0.15, 0.2) is 24.3 Å². The van der Waals surface area contributed by atoms with E-state index in [9.17, 15) is 4.79 Å². The van der Waals surface area contributed by atoms with Crippen molar-refractivity contribution < 1.29 is 14.6 Å². The van der Waals surface area contributed by atoms with Crippen LogP contribution in [0.25, 0.3) is 0 Å². The highest BCUT2D eigenvalue weighted by Crippen LogP contribution is 2.08. The summed E-state index contributed by atoms with van der Waals surface area (Å²) in [6.45, 7) is 3.75. The summed E-state index contributed by atoms with van der Waals surface area (Å²) in [4.78, 5) is 10.2. The fraction of sp³-hybridized carbons (Fsp3) is 0.364. The highest BCUT2D eigenvalue weighted by atomic mass is 16.7. The van der Waals surface area contributed by atoms with E-state index in [1.165, 1.54) is 5.56 Å². The number of aryl methyl sites for hydroxylation is 1. The molecule has 1 N–H and O–H groups in total. The molecular formula is C11H14O3. The molecule has 0 fully saturated rings. The minimum atomic E-state index is -1.22. The summed E-state index contributed by atoms with van der Waals surface area (Å²) in [6.07, 6.45) is -0.895. The zero-order chi connectivity index (χ0) is 10.6. The van der Waals surface area contributed by atoms with Gasteiger partial charge in [-0.25, -0.2) is 4.79 Å². The molecule has 1 aromatic carbocycles. The summed E-state index contributed by atoms with van der Waals surface area (Å²) in [5.41, 5.74) is 2.27. The maximum Gasteiger partial charge on any atom is 0.506 e. The number of hydrogen-bond acceptors (Lipinski definition) is 2. The van der Waals surface area contributed by atoms with Gasteiger partial charge in [-0.1, -0.05) is 29.8 Å². The van der Waals surface area contributed by atoms with E-state index in [1.54, 1.807) is 6.92 Å². The molecular weight excluding hydrogens is 180 g/mol. The van der Waals surface area contributed by atoms with Gasteiger partial charge >= 0.3 is 6.16 Å². The van der Waals surface area contributed by atoms with Crippen molar-refractivity contribution in [1.29, 1.82) is 0 Å². The molecule has 0 heterocycles. The number of rotatable bonds is 3. The smallest absolute Gasteiger partial charge is 0.450 e. The third-order valence-corrected chi connectivity index (χ3v) is 1.91. The fourth-order valence-electron chi connectivity index (χ4n) is 1.38. The van der Waals surface area contributed by atoms with E-state index < -0.39 is 6.16 Å². The summed E-state index contributed by atoms with van der Waals surface area (Å²) in [7, 11) is 0. The Labute approximate surface area is 83.3 Å². The first-order valence-corrected chi connectivity index (χ1v) is 4.53. The fourth-order valence-corrected chi connectivity index (χ4v) is 1.38. The van der Waals surface area contributed by atoms with Crippen LogP contribution in [0.2, 0.25) is 0 Å². The highest BCUT2D eigenvalue weighted by molar-refractivity contribution is 5.57. The Balaban J connectivity index is 2.55. The molecule has 0 radical (unpaired) electrons. The first kappa shape index (κ1) is 10.6. The summed E-state index contributed by atoms with van der Waals surface area (Å²) in [5, 5.41) is 8.39. The molecule has 76 valence electrons. The van der Waals surface area contributed by atoms with Gasteiger partial charge in [-0.2, -0.15) is 0 Å². The van der Waals surface area contributed by atoms with E-state index in [0.29, 0.717) is 6.42 Å². The van der Waals surface area contributed by atoms with Crippen LogP contribution in [0.3, 0.4) is 0 Å². The Bertz CT molecular complexity index is 320. The van der Waals surface area contributed by atoms with E-state index in [4.69, 9.17) is 5.11 Å². The number of hydrogen-bond donors (Lipinski definition) is 1. The van der Waals surface area contributed by atoms with E-state index in [2.05, 4.69) is 4.74 Å². The first-order chi connectivity index (χ1) is 6.58. The van der Waals surface area contributed by atoms with Gasteiger partial charge in [0.2, 0.25) is 0 Å². The lowest BCUT2D eigenvalue weighted by atomic mass is 10.1. The van der Waals surface area contributed by atoms with Crippen molar-refractivity contribution in [3.8, 4) is 0 Å². The lowest BCUT2D eigenvalue weighted by molar-refractivity contribution is 0.0593. The Morgan fingerprint density at radius 3 is 2.86 bits per heavy atom. The molecule has 0 aliphatic rings. The summed E-state index contributed by atoms with van der Waals surface area (Å²) < 4.78 is 4.61. The molecule has 3 nitrogen and oxygen atoms in total. The summed E-state index contributed by atoms with van der Waals surface area (Å²) in [6, 6.07) is 7.96. The van der Waals surface area contributed by atoms with Crippen LogP contribution in [-0.2, 0) is 11.2 Å². The van der Waals surface area contributed by atoms with Crippen molar-refractivity contribution in [3.63, 3.8) is 0 Å². The Morgan fingerprint density at radius 1 is 1.57 bits per heavy atom. The average Bonchev–Trinajstić information content (AvgIpc) is 2.01. The van der Waals surface area contributed by atoms with E-state index >= 15 is 0 Å². The maximum absolute atomic E-state index is 10.2. The Morgan fingerprint density at radius 2 is 2.29 bits per heavy atom. The molecule has 1 aromatic rings. The van der Waals surface area contributed by atoms with Gasteiger partial charge in [-0.05, 0) is 19.4 Å². The quantitative estimate of drug-likeness (QED) is 0.752. The zero-order valence-electron chi connectivity index (χ0n) is 8.36. The average molecular weight is 194 g/mol. The van der Waals surface area contributed by atoms with E-state index in [-0.39, 0.29) is 6.10 Å². The molecule has 0 saturated carbocycles. The number of ether oxygens (including phenoxy) is 1. The van der Waals surface area contributed by atoms with Crippen LogP contribution in [-0.4, -0.2) is 17.4 Å². The first-order valence-electron chi connectivity index (χ1n) is 4.53. The lowest BCUT2D eigenvalue weighted by Crippen LogP contribution is -2.15. The van der Waals surface area contributed by atoms with Crippen molar-refractivity contribution >= 4 is 6.16 Å². The van der Waals surface area contributed by atoms with Gasteiger partial charge in [0.05, 0.1) is 0 Å². The molecule has 1 unspecified atom stereocenters. The zero-order valence-corrected chi connectivity index (χ0v) is 8.36. The second kappa shape index (κ2) is 4.65. The lowest BCUT2D eigenvalue weighted by Gasteiger charge is -2.10. The third kappa shape index (κ3) is 3.47. The number of carbonyl (C=O) groups is 1. The van der Waals surface area contributed by atoms with Gasteiger partial charge in [0, 0.05) is 6.42 Å². The predicted molar refractivity (Wildman–Crippen MR) is 53.5 cm³/mol. The summed E-state index contributed by atoms with van der Waals surface area (Å²) >= 11 is 0. The van der Waals surface area contributed by atoms with Crippen molar-refractivity contribution in [2.75, 3.05) is 0 Å².